The summed E-state index contributed by atoms with van der Waals surface area (Å²) in [5, 5.41) is 16.0. The standard InChI is InChI=1S/C31H33N3O2/c1-30(2,3)22-16-21(28(35)25(17-22)31(4,5)6)19-32-34-29(36)24-18-27(20-12-8-7-9-13-20)33-26-15-11-10-14-23(24)26/h7-19,35H,1-6H3,(H,34,36). The van der Waals surface area contributed by atoms with Crippen LogP contribution in [0.4, 0.5) is 0 Å². The third kappa shape index (κ3) is 5.30. The first-order chi connectivity index (χ1) is 16.9. The summed E-state index contributed by atoms with van der Waals surface area (Å²) in [6, 6.07) is 23.1. The highest BCUT2D eigenvalue weighted by molar-refractivity contribution is 6.07. The number of phenols is 1. The summed E-state index contributed by atoms with van der Waals surface area (Å²) in [7, 11) is 0. The number of para-hydroxylation sites is 1. The molecule has 4 aromatic rings. The van der Waals surface area contributed by atoms with E-state index in [2.05, 4.69) is 58.1 Å². The Kier molecular flexibility index (Phi) is 6.68. The second-order valence-electron chi connectivity index (χ2n) is 11.1. The average Bonchev–Trinajstić information content (AvgIpc) is 2.83. The van der Waals surface area contributed by atoms with Crippen LogP contribution < -0.4 is 5.43 Å². The number of nitrogens with zero attached hydrogens (tertiary/aromatic N) is 2. The molecule has 5 heteroatoms. The van der Waals surface area contributed by atoms with Crippen molar-refractivity contribution in [2.75, 3.05) is 0 Å². The van der Waals surface area contributed by atoms with Crippen molar-refractivity contribution in [1.29, 1.82) is 0 Å². The molecule has 0 atom stereocenters. The molecular weight excluding hydrogens is 446 g/mol. The number of carbonyl (C=O) groups excluding carboxylic acids is 1. The van der Waals surface area contributed by atoms with Gasteiger partial charge in [-0.05, 0) is 34.6 Å². The number of nitrogens with one attached hydrogen (secondary N) is 1. The van der Waals surface area contributed by atoms with Gasteiger partial charge >= 0.3 is 0 Å². The molecular formula is C31H33N3O2. The lowest BCUT2D eigenvalue weighted by molar-refractivity contribution is 0.0956. The van der Waals surface area contributed by atoms with Crippen LogP contribution in [0.2, 0.25) is 0 Å². The summed E-state index contributed by atoms with van der Waals surface area (Å²) in [5.41, 5.74) is 7.66. The molecule has 0 saturated heterocycles. The van der Waals surface area contributed by atoms with Gasteiger partial charge in [0.15, 0.2) is 0 Å². The van der Waals surface area contributed by atoms with Crippen molar-refractivity contribution in [3.05, 3.63) is 95.1 Å². The number of amides is 1. The molecule has 184 valence electrons. The molecule has 1 amide bonds. The Labute approximate surface area is 212 Å². The van der Waals surface area contributed by atoms with E-state index in [0.717, 1.165) is 27.6 Å². The molecule has 36 heavy (non-hydrogen) atoms. The van der Waals surface area contributed by atoms with Gasteiger partial charge in [-0.1, -0.05) is 96.1 Å². The topological polar surface area (TPSA) is 74.6 Å². The van der Waals surface area contributed by atoms with E-state index in [1.165, 1.54) is 6.21 Å². The molecule has 0 bridgehead atoms. The summed E-state index contributed by atoms with van der Waals surface area (Å²) in [5.74, 6) is -0.168. The van der Waals surface area contributed by atoms with E-state index < -0.39 is 0 Å². The Morgan fingerprint density at radius 1 is 0.889 bits per heavy atom. The molecule has 4 rings (SSSR count). The number of aromatic hydroxyl groups is 1. The fraction of sp³-hybridized carbons (Fsp3) is 0.258. The first-order valence-corrected chi connectivity index (χ1v) is 12.1. The Morgan fingerprint density at radius 3 is 2.22 bits per heavy atom. The lowest BCUT2D eigenvalue weighted by Gasteiger charge is -2.26. The zero-order valence-corrected chi connectivity index (χ0v) is 21.8. The maximum atomic E-state index is 13.3. The number of aromatic nitrogens is 1. The highest BCUT2D eigenvalue weighted by Gasteiger charge is 2.24. The molecule has 0 unspecified atom stereocenters. The second kappa shape index (κ2) is 9.57. The number of rotatable bonds is 4. The Balaban J connectivity index is 1.70. The largest absolute Gasteiger partial charge is 0.507 e. The quantitative estimate of drug-likeness (QED) is 0.245. The van der Waals surface area contributed by atoms with Gasteiger partial charge in [-0.3, -0.25) is 4.79 Å². The van der Waals surface area contributed by atoms with Crippen LogP contribution in [0.1, 0.15) is 68.6 Å². The summed E-state index contributed by atoms with van der Waals surface area (Å²) in [6.07, 6.45) is 1.51. The molecule has 2 N–H and O–H groups in total. The molecule has 0 aliphatic carbocycles. The minimum atomic E-state index is -0.343. The lowest BCUT2D eigenvalue weighted by Crippen LogP contribution is -2.19. The minimum absolute atomic E-state index is 0.108. The van der Waals surface area contributed by atoms with Gasteiger partial charge in [0, 0.05) is 22.1 Å². The highest BCUT2D eigenvalue weighted by atomic mass is 16.3. The van der Waals surface area contributed by atoms with Gasteiger partial charge in [0.1, 0.15) is 5.75 Å². The highest BCUT2D eigenvalue weighted by Crippen LogP contribution is 2.37. The first kappa shape index (κ1) is 25.1. The van der Waals surface area contributed by atoms with Crippen molar-refractivity contribution in [2.45, 2.75) is 52.4 Å². The van der Waals surface area contributed by atoms with Gasteiger partial charge in [0.05, 0.1) is 23.0 Å². The van der Waals surface area contributed by atoms with Gasteiger partial charge in [-0.15, -0.1) is 0 Å². The third-order valence-electron chi connectivity index (χ3n) is 6.21. The second-order valence-corrected chi connectivity index (χ2v) is 11.1. The zero-order chi connectivity index (χ0) is 26.1. The van der Waals surface area contributed by atoms with Gasteiger partial charge in [0.2, 0.25) is 0 Å². The van der Waals surface area contributed by atoms with Crippen LogP contribution in [0, 0.1) is 0 Å². The predicted octanol–water partition coefficient (Wildman–Crippen LogP) is 6.97. The van der Waals surface area contributed by atoms with Crippen LogP contribution >= 0.6 is 0 Å². The van der Waals surface area contributed by atoms with E-state index in [9.17, 15) is 9.90 Å². The average molecular weight is 480 g/mol. The van der Waals surface area contributed by atoms with E-state index in [1.807, 2.05) is 60.7 Å². The number of carbonyl (C=O) groups is 1. The van der Waals surface area contributed by atoms with E-state index in [0.29, 0.717) is 16.8 Å². The van der Waals surface area contributed by atoms with Crippen LogP contribution in [0.15, 0.2) is 77.9 Å². The third-order valence-corrected chi connectivity index (χ3v) is 6.21. The van der Waals surface area contributed by atoms with E-state index >= 15 is 0 Å². The molecule has 5 nitrogen and oxygen atoms in total. The molecule has 1 heterocycles. The summed E-state index contributed by atoms with van der Waals surface area (Å²) in [6.45, 7) is 12.6. The van der Waals surface area contributed by atoms with Crippen LogP contribution in [0.25, 0.3) is 22.2 Å². The molecule has 0 aliphatic heterocycles. The van der Waals surface area contributed by atoms with Crippen LogP contribution in [-0.2, 0) is 10.8 Å². The smallest absolute Gasteiger partial charge is 0.272 e. The van der Waals surface area contributed by atoms with Gasteiger partial charge in [0.25, 0.3) is 5.91 Å². The number of phenolic OH excluding ortho intramolecular Hbond substituents is 1. The van der Waals surface area contributed by atoms with Crippen molar-refractivity contribution in [3.8, 4) is 17.0 Å². The maximum Gasteiger partial charge on any atom is 0.272 e. The van der Waals surface area contributed by atoms with E-state index in [4.69, 9.17) is 4.98 Å². The lowest BCUT2D eigenvalue weighted by atomic mass is 9.79. The molecule has 0 aliphatic rings. The van der Waals surface area contributed by atoms with Crippen LogP contribution in [-0.4, -0.2) is 22.2 Å². The SMILES string of the molecule is CC(C)(C)c1cc(C=NNC(=O)c2cc(-c3ccccc3)nc3ccccc23)c(O)c(C(C)(C)C)c1. The first-order valence-electron chi connectivity index (χ1n) is 12.1. The molecule has 0 fully saturated rings. The van der Waals surface area contributed by atoms with Gasteiger partial charge < -0.3 is 5.11 Å². The number of benzene rings is 3. The normalized spacial score (nSPS) is 12.3. The molecule has 1 aromatic heterocycles. The van der Waals surface area contributed by atoms with Crippen molar-refractivity contribution >= 4 is 23.0 Å². The van der Waals surface area contributed by atoms with E-state index in [-0.39, 0.29) is 22.5 Å². The summed E-state index contributed by atoms with van der Waals surface area (Å²) >= 11 is 0. The van der Waals surface area contributed by atoms with Crippen molar-refractivity contribution in [3.63, 3.8) is 0 Å². The van der Waals surface area contributed by atoms with Crippen molar-refractivity contribution in [2.24, 2.45) is 5.10 Å². The van der Waals surface area contributed by atoms with Crippen molar-refractivity contribution in [1.82, 2.24) is 10.4 Å². The maximum absolute atomic E-state index is 13.3. The Hall–Kier alpha value is -3.99. The predicted molar refractivity (Wildman–Crippen MR) is 148 cm³/mol. The fourth-order valence-corrected chi connectivity index (χ4v) is 4.10. The Morgan fingerprint density at radius 2 is 1.56 bits per heavy atom. The Bertz CT molecular complexity index is 1440. The fourth-order valence-electron chi connectivity index (χ4n) is 4.10. The van der Waals surface area contributed by atoms with Gasteiger partial charge in [-0.2, -0.15) is 5.10 Å². The van der Waals surface area contributed by atoms with E-state index in [1.54, 1.807) is 6.07 Å². The number of pyridine rings is 1. The number of hydrogen-bond donors (Lipinski definition) is 2. The minimum Gasteiger partial charge on any atom is -0.507 e. The van der Waals surface area contributed by atoms with Crippen molar-refractivity contribution < 1.29 is 9.90 Å². The molecule has 0 radical (unpaired) electrons. The molecule has 0 spiro atoms. The number of fused-ring (bicyclic) bond motifs is 1. The monoisotopic (exact) mass is 479 g/mol. The molecule has 3 aromatic carbocycles. The molecule has 0 saturated carbocycles. The zero-order valence-electron chi connectivity index (χ0n) is 21.8. The number of hydrazone groups is 1. The van der Waals surface area contributed by atoms with Crippen LogP contribution in [0.5, 0.6) is 5.75 Å². The van der Waals surface area contributed by atoms with Gasteiger partial charge in [-0.25, -0.2) is 10.4 Å². The summed E-state index contributed by atoms with van der Waals surface area (Å²) in [4.78, 5) is 18.0. The van der Waals surface area contributed by atoms with Crippen LogP contribution in [0.3, 0.4) is 0 Å². The summed E-state index contributed by atoms with van der Waals surface area (Å²) < 4.78 is 0. The number of hydrogen-bond acceptors (Lipinski definition) is 4.